The minimum absolute atomic E-state index is 0.188. The summed E-state index contributed by atoms with van der Waals surface area (Å²) >= 11 is 0. The lowest BCUT2D eigenvalue weighted by atomic mass is 9.94. The smallest absolute Gasteiger partial charge is 0.191 e. The summed E-state index contributed by atoms with van der Waals surface area (Å²) in [4.78, 5) is 4.24. The third kappa shape index (κ3) is 4.94. The fourth-order valence-electron chi connectivity index (χ4n) is 2.52. The van der Waals surface area contributed by atoms with Crippen LogP contribution < -0.4 is 10.6 Å². The van der Waals surface area contributed by atoms with E-state index < -0.39 is 0 Å². The highest BCUT2D eigenvalue weighted by atomic mass is 16.5. The van der Waals surface area contributed by atoms with Crippen LogP contribution in [-0.4, -0.2) is 50.6 Å². The van der Waals surface area contributed by atoms with Crippen LogP contribution in [0, 0.1) is 0 Å². The quantitative estimate of drug-likeness (QED) is 0.612. The van der Waals surface area contributed by atoms with Crippen LogP contribution in [0.4, 0.5) is 0 Å². The van der Waals surface area contributed by atoms with Gasteiger partial charge in [0.1, 0.15) is 0 Å². The molecule has 1 fully saturated rings. The first-order valence-corrected chi connectivity index (χ1v) is 8.11. The van der Waals surface area contributed by atoms with E-state index in [2.05, 4.69) is 34.6 Å². The molecule has 0 aliphatic carbocycles. The molecule has 1 aromatic rings. The van der Waals surface area contributed by atoms with Crippen LogP contribution in [0.25, 0.3) is 0 Å². The Morgan fingerprint density at radius 3 is 2.70 bits per heavy atom. The van der Waals surface area contributed by atoms with Crippen molar-refractivity contribution in [3.05, 3.63) is 17.5 Å². The van der Waals surface area contributed by atoms with Crippen LogP contribution in [0.2, 0.25) is 0 Å². The average Bonchev–Trinajstić information content (AvgIpc) is 3.05. The van der Waals surface area contributed by atoms with Crippen molar-refractivity contribution in [1.82, 2.24) is 15.8 Å². The first-order chi connectivity index (χ1) is 11.1. The van der Waals surface area contributed by atoms with E-state index in [-0.39, 0.29) is 5.60 Å². The van der Waals surface area contributed by atoms with E-state index in [1.54, 1.807) is 14.2 Å². The lowest BCUT2D eigenvalue weighted by molar-refractivity contribution is -0.0855. The van der Waals surface area contributed by atoms with E-state index in [9.17, 15) is 0 Å². The van der Waals surface area contributed by atoms with E-state index in [1.807, 2.05) is 6.07 Å². The summed E-state index contributed by atoms with van der Waals surface area (Å²) in [6, 6.07) is 1.97. The highest BCUT2D eigenvalue weighted by Gasteiger charge is 2.32. The number of aliphatic imine (C=N–C) groups is 1. The van der Waals surface area contributed by atoms with Crippen molar-refractivity contribution >= 4 is 5.96 Å². The predicted molar refractivity (Wildman–Crippen MR) is 88.6 cm³/mol. The summed E-state index contributed by atoms with van der Waals surface area (Å²) in [6.45, 7) is 6.89. The molecule has 2 heterocycles. The molecule has 2 N–H and O–H groups in total. The molecular weight excluding hydrogens is 296 g/mol. The van der Waals surface area contributed by atoms with Crippen molar-refractivity contribution in [2.24, 2.45) is 4.99 Å². The first-order valence-electron chi connectivity index (χ1n) is 8.11. The SMILES string of the molecule is CN=C(NCc1cc(C(C)C)no1)NCC1(OC)CCOCC1. The summed E-state index contributed by atoms with van der Waals surface area (Å²) in [5.74, 6) is 1.87. The summed E-state index contributed by atoms with van der Waals surface area (Å²) in [5, 5.41) is 10.6. The van der Waals surface area contributed by atoms with Gasteiger partial charge in [-0.05, 0) is 5.92 Å². The molecule has 23 heavy (non-hydrogen) atoms. The Balaban J connectivity index is 1.83. The number of nitrogens with zero attached hydrogens (tertiary/aromatic N) is 2. The molecule has 2 rings (SSSR count). The van der Waals surface area contributed by atoms with Gasteiger partial charge in [-0.2, -0.15) is 0 Å². The van der Waals surface area contributed by atoms with Gasteiger partial charge >= 0.3 is 0 Å². The summed E-state index contributed by atoms with van der Waals surface area (Å²) in [7, 11) is 3.50. The Bertz CT molecular complexity index is 507. The zero-order chi connectivity index (χ0) is 16.7. The maximum Gasteiger partial charge on any atom is 0.191 e. The van der Waals surface area contributed by atoms with Crippen molar-refractivity contribution in [2.45, 2.75) is 44.8 Å². The van der Waals surface area contributed by atoms with Gasteiger partial charge in [-0.15, -0.1) is 0 Å². The minimum Gasteiger partial charge on any atom is -0.381 e. The Hall–Kier alpha value is -1.60. The van der Waals surface area contributed by atoms with E-state index in [4.69, 9.17) is 14.0 Å². The monoisotopic (exact) mass is 324 g/mol. The maximum absolute atomic E-state index is 5.71. The van der Waals surface area contributed by atoms with E-state index >= 15 is 0 Å². The average molecular weight is 324 g/mol. The maximum atomic E-state index is 5.71. The van der Waals surface area contributed by atoms with Crippen LogP contribution in [0.15, 0.2) is 15.6 Å². The minimum atomic E-state index is -0.188. The Morgan fingerprint density at radius 2 is 2.13 bits per heavy atom. The molecule has 0 atom stereocenters. The molecule has 7 heteroatoms. The number of hydrogen-bond acceptors (Lipinski definition) is 5. The summed E-state index contributed by atoms with van der Waals surface area (Å²) in [5.41, 5.74) is 0.776. The van der Waals surface area contributed by atoms with Crippen molar-refractivity contribution < 1.29 is 14.0 Å². The van der Waals surface area contributed by atoms with Crippen LogP contribution in [0.1, 0.15) is 44.1 Å². The molecule has 0 spiro atoms. The van der Waals surface area contributed by atoms with E-state index in [0.29, 0.717) is 19.0 Å². The molecule has 1 saturated heterocycles. The summed E-state index contributed by atoms with van der Waals surface area (Å²) < 4.78 is 16.4. The van der Waals surface area contributed by atoms with Crippen LogP contribution >= 0.6 is 0 Å². The molecule has 1 aromatic heterocycles. The van der Waals surface area contributed by atoms with Gasteiger partial charge in [-0.1, -0.05) is 19.0 Å². The van der Waals surface area contributed by atoms with E-state index in [0.717, 1.165) is 43.5 Å². The lowest BCUT2D eigenvalue weighted by Gasteiger charge is -2.36. The molecule has 0 saturated carbocycles. The van der Waals surface area contributed by atoms with Gasteiger partial charge in [-0.25, -0.2) is 0 Å². The highest BCUT2D eigenvalue weighted by molar-refractivity contribution is 5.79. The number of nitrogens with one attached hydrogen (secondary N) is 2. The predicted octanol–water partition coefficient (Wildman–Crippen LogP) is 1.66. The zero-order valence-corrected chi connectivity index (χ0v) is 14.5. The zero-order valence-electron chi connectivity index (χ0n) is 14.5. The van der Waals surface area contributed by atoms with Crippen molar-refractivity contribution in [3.63, 3.8) is 0 Å². The Morgan fingerprint density at radius 1 is 1.39 bits per heavy atom. The van der Waals surface area contributed by atoms with Crippen molar-refractivity contribution in [3.8, 4) is 0 Å². The second kappa shape index (κ2) is 8.31. The second-order valence-corrected chi connectivity index (χ2v) is 6.15. The van der Waals surface area contributed by atoms with Crippen LogP contribution in [-0.2, 0) is 16.0 Å². The van der Waals surface area contributed by atoms with Gasteiger partial charge < -0.3 is 24.6 Å². The molecule has 7 nitrogen and oxygen atoms in total. The number of ether oxygens (including phenoxy) is 2. The third-order valence-corrected chi connectivity index (χ3v) is 4.24. The molecule has 130 valence electrons. The van der Waals surface area contributed by atoms with Crippen molar-refractivity contribution in [1.29, 1.82) is 0 Å². The number of hydrogen-bond donors (Lipinski definition) is 2. The van der Waals surface area contributed by atoms with Gasteiger partial charge in [0.2, 0.25) is 0 Å². The van der Waals surface area contributed by atoms with Gasteiger partial charge in [0, 0.05) is 52.8 Å². The van der Waals surface area contributed by atoms with Crippen LogP contribution in [0.5, 0.6) is 0 Å². The molecule has 0 bridgehead atoms. The van der Waals surface area contributed by atoms with Crippen LogP contribution in [0.3, 0.4) is 0 Å². The standard InChI is InChI=1S/C16H28N4O3/c1-12(2)14-9-13(23-20-14)10-18-15(17-3)19-11-16(21-4)5-7-22-8-6-16/h9,12H,5-8,10-11H2,1-4H3,(H2,17,18,19). The Labute approximate surface area is 137 Å². The topological polar surface area (TPSA) is 80.9 Å². The van der Waals surface area contributed by atoms with Gasteiger partial charge in [0.25, 0.3) is 0 Å². The van der Waals surface area contributed by atoms with Crippen molar-refractivity contribution in [2.75, 3.05) is 33.9 Å². The molecule has 0 unspecified atom stereocenters. The molecule has 1 aliphatic rings. The van der Waals surface area contributed by atoms with E-state index in [1.165, 1.54) is 0 Å². The molecule has 0 amide bonds. The van der Waals surface area contributed by atoms with Gasteiger partial charge in [0.15, 0.2) is 11.7 Å². The fraction of sp³-hybridized carbons (Fsp3) is 0.750. The number of rotatable bonds is 6. The largest absolute Gasteiger partial charge is 0.381 e. The molecule has 0 radical (unpaired) electrons. The number of methoxy groups -OCH3 is 1. The molecule has 0 aromatic carbocycles. The number of aromatic nitrogens is 1. The molecular formula is C16H28N4O3. The summed E-state index contributed by atoms with van der Waals surface area (Å²) in [6.07, 6.45) is 1.76. The van der Waals surface area contributed by atoms with Gasteiger partial charge in [-0.3, -0.25) is 4.99 Å². The highest BCUT2D eigenvalue weighted by Crippen LogP contribution is 2.23. The Kier molecular flexibility index (Phi) is 6.41. The lowest BCUT2D eigenvalue weighted by Crippen LogP contribution is -2.50. The number of guanidine groups is 1. The van der Waals surface area contributed by atoms with Gasteiger partial charge in [0.05, 0.1) is 17.8 Å². The second-order valence-electron chi connectivity index (χ2n) is 6.15. The first kappa shape index (κ1) is 17.7. The third-order valence-electron chi connectivity index (χ3n) is 4.24. The normalized spacial score (nSPS) is 18.2. The molecule has 1 aliphatic heterocycles. The fourth-order valence-corrected chi connectivity index (χ4v) is 2.52.